The van der Waals surface area contributed by atoms with Crippen LogP contribution in [0.4, 0.5) is 0 Å². The van der Waals surface area contributed by atoms with E-state index in [1.54, 1.807) is 48.7 Å². The number of hydrogen-bond donors (Lipinski definition) is 1. The van der Waals surface area contributed by atoms with Gasteiger partial charge in [-0.25, -0.2) is 5.43 Å². The van der Waals surface area contributed by atoms with Crippen molar-refractivity contribution in [2.75, 3.05) is 0 Å². The molecule has 166 valence electrons. The molecule has 7 heteroatoms. The molecule has 0 saturated carbocycles. The second kappa shape index (κ2) is 10.4. The number of rotatable bonds is 8. The highest BCUT2D eigenvalue weighted by molar-refractivity contribution is 6.35. The Kier molecular flexibility index (Phi) is 7.13. The van der Waals surface area contributed by atoms with Gasteiger partial charge in [0.15, 0.2) is 0 Å². The molecule has 33 heavy (non-hydrogen) atoms. The van der Waals surface area contributed by atoms with Gasteiger partial charge in [-0.1, -0.05) is 65.7 Å². The Morgan fingerprint density at radius 3 is 2.70 bits per heavy atom. The van der Waals surface area contributed by atoms with Gasteiger partial charge < -0.3 is 9.30 Å². The molecule has 4 rings (SSSR count). The van der Waals surface area contributed by atoms with Crippen molar-refractivity contribution in [1.82, 2.24) is 9.99 Å². The van der Waals surface area contributed by atoms with Gasteiger partial charge in [-0.15, -0.1) is 6.58 Å². The Bertz CT molecular complexity index is 1340. The second-order valence-electron chi connectivity index (χ2n) is 7.26. The molecule has 1 N–H and O–H groups in total. The molecule has 1 heterocycles. The molecule has 0 aliphatic heterocycles. The standard InChI is InChI=1S/C26H21Cl2N3O2/c1-2-13-31-16-19(21-7-3-5-9-24(21)31)15-29-30-26(32)22-8-4-6-10-25(22)33-17-18-11-12-20(27)14-23(18)28/h2-12,14-16H,1,13,17H2,(H,30,32)/b29-15+. The molecular formula is C26H21Cl2N3O2. The van der Waals surface area contributed by atoms with Crippen LogP contribution in [0.1, 0.15) is 21.5 Å². The zero-order valence-corrected chi connectivity index (χ0v) is 19.2. The van der Waals surface area contributed by atoms with Crippen molar-refractivity contribution >= 4 is 46.2 Å². The minimum Gasteiger partial charge on any atom is -0.488 e. The number of halogens is 2. The summed E-state index contributed by atoms with van der Waals surface area (Å²) in [6, 6.07) is 20.2. The summed E-state index contributed by atoms with van der Waals surface area (Å²) < 4.78 is 7.94. The van der Waals surface area contributed by atoms with Crippen LogP contribution in [0.25, 0.3) is 10.9 Å². The van der Waals surface area contributed by atoms with Crippen LogP contribution < -0.4 is 10.2 Å². The lowest BCUT2D eigenvalue weighted by molar-refractivity contribution is 0.0950. The summed E-state index contributed by atoms with van der Waals surface area (Å²) in [4.78, 5) is 12.8. The maximum atomic E-state index is 12.8. The van der Waals surface area contributed by atoms with E-state index in [9.17, 15) is 4.79 Å². The second-order valence-corrected chi connectivity index (χ2v) is 8.11. The topological polar surface area (TPSA) is 55.6 Å². The third-order valence-electron chi connectivity index (χ3n) is 5.04. The van der Waals surface area contributed by atoms with Crippen LogP contribution >= 0.6 is 23.2 Å². The summed E-state index contributed by atoms with van der Waals surface area (Å²) in [7, 11) is 0. The first kappa shape index (κ1) is 22.6. The normalized spacial score (nSPS) is 11.1. The molecule has 0 aliphatic carbocycles. The number of carbonyl (C=O) groups excluding carboxylic acids is 1. The Morgan fingerprint density at radius 2 is 1.88 bits per heavy atom. The summed E-state index contributed by atoms with van der Waals surface area (Å²) in [5.74, 6) is 0.0534. The van der Waals surface area contributed by atoms with E-state index in [0.29, 0.717) is 27.9 Å². The predicted molar refractivity (Wildman–Crippen MR) is 134 cm³/mol. The molecule has 4 aromatic rings. The summed E-state index contributed by atoms with van der Waals surface area (Å²) in [5, 5.41) is 6.27. The van der Waals surface area contributed by atoms with Crippen molar-refractivity contribution in [2.24, 2.45) is 5.10 Å². The van der Waals surface area contributed by atoms with Gasteiger partial charge in [-0.3, -0.25) is 4.79 Å². The van der Waals surface area contributed by atoms with Crippen LogP contribution in [0, 0.1) is 0 Å². The molecule has 0 atom stereocenters. The molecule has 0 bridgehead atoms. The molecule has 0 spiro atoms. The number of benzene rings is 3. The third kappa shape index (κ3) is 5.28. The molecule has 0 saturated heterocycles. The van der Waals surface area contributed by atoms with E-state index < -0.39 is 0 Å². The molecule has 3 aromatic carbocycles. The van der Waals surface area contributed by atoms with Crippen LogP contribution in [0.5, 0.6) is 5.75 Å². The van der Waals surface area contributed by atoms with E-state index in [4.69, 9.17) is 27.9 Å². The third-order valence-corrected chi connectivity index (χ3v) is 5.63. The van der Waals surface area contributed by atoms with E-state index in [1.807, 2.05) is 36.5 Å². The summed E-state index contributed by atoms with van der Waals surface area (Å²) in [5.41, 5.74) is 5.70. The van der Waals surface area contributed by atoms with E-state index in [2.05, 4.69) is 21.7 Å². The fourth-order valence-electron chi connectivity index (χ4n) is 3.46. The Labute approximate surface area is 201 Å². The van der Waals surface area contributed by atoms with Gasteiger partial charge in [0.2, 0.25) is 0 Å². The maximum Gasteiger partial charge on any atom is 0.275 e. The molecule has 5 nitrogen and oxygen atoms in total. The van der Waals surface area contributed by atoms with Crippen molar-refractivity contribution in [2.45, 2.75) is 13.2 Å². The first-order chi connectivity index (χ1) is 16.1. The molecule has 1 amide bonds. The number of allylic oxidation sites excluding steroid dienone is 1. The lowest BCUT2D eigenvalue weighted by Crippen LogP contribution is -2.18. The number of hydrazone groups is 1. The first-order valence-electron chi connectivity index (χ1n) is 10.2. The van der Waals surface area contributed by atoms with Crippen LogP contribution in [-0.4, -0.2) is 16.7 Å². The largest absolute Gasteiger partial charge is 0.488 e. The number of nitrogens with zero attached hydrogens (tertiary/aromatic N) is 2. The maximum absolute atomic E-state index is 12.8. The molecule has 1 aromatic heterocycles. The van der Waals surface area contributed by atoms with Crippen molar-refractivity contribution in [3.63, 3.8) is 0 Å². The fraction of sp³-hybridized carbons (Fsp3) is 0.0769. The van der Waals surface area contributed by atoms with E-state index in [0.717, 1.165) is 22.0 Å². The number of para-hydroxylation sites is 2. The van der Waals surface area contributed by atoms with Crippen LogP contribution in [0.3, 0.4) is 0 Å². The van der Waals surface area contributed by atoms with Crippen molar-refractivity contribution in [1.29, 1.82) is 0 Å². The van der Waals surface area contributed by atoms with E-state index in [1.165, 1.54) is 0 Å². The lowest BCUT2D eigenvalue weighted by atomic mass is 10.2. The Hall–Kier alpha value is -3.54. The minimum atomic E-state index is -0.376. The van der Waals surface area contributed by atoms with E-state index >= 15 is 0 Å². The fourth-order valence-corrected chi connectivity index (χ4v) is 3.93. The molecule has 0 aliphatic rings. The first-order valence-corrected chi connectivity index (χ1v) is 11.0. The van der Waals surface area contributed by atoms with Gasteiger partial charge in [-0.05, 0) is 30.3 Å². The summed E-state index contributed by atoms with van der Waals surface area (Å²) in [6.07, 6.45) is 5.45. The number of nitrogens with one attached hydrogen (secondary N) is 1. The van der Waals surface area contributed by atoms with Gasteiger partial charge in [0.1, 0.15) is 12.4 Å². The number of carbonyl (C=O) groups is 1. The van der Waals surface area contributed by atoms with Crippen LogP contribution in [0.2, 0.25) is 10.0 Å². The average molecular weight is 478 g/mol. The van der Waals surface area contributed by atoms with Crippen LogP contribution in [0.15, 0.2) is 90.7 Å². The van der Waals surface area contributed by atoms with Gasteiger partial charge in [0.25, 0.3) is 5.91 Å². The highest BCUT2D eigenvalue weighted by Gasteiger charge is 2.13. The summed E-state index contributed by atoms with van der Waals surface area (Å²) >= 11 is 12.2. The van der Waals surface area contributed by atoms with E-state index in [-0.39, 0.29) is 12.5 Å². The number of fused-ring (bicyclic) bond motifs is 1. The summed E-state index contributed by atoms with van der Waals surface area (Å²) in [6.45, 7) is 4.69. The van der Waals surface area contributed by atoms with Gasteiger partial charge in [0.05, 0.1) is 11.8 Å². The van der Waals surface area contributed by atoms with Crippen molar-refractivity contribution in [3.8, 4) is 5.75 Å². The monoisotopic (exact) mass is 477 g/mol. The van der Waals surface area contributed by atoms with Gasteiger partial charge in [-0.2, -0.15) is 5.10 Å². The zero-order valence-electron chi connectivity index (χ0n) is 17.7. The number of hydrogen-bond acceptors (Lipinski definition) is 3. The SMILES string of the molecule is C=CCn1cc(/C=N/NC(=O)c2ccccc2OCc2ccc(Cl)cc2Cl)c2ccccc21. The molecular weight excluding hydrogens is 457 g/mol. The lowest BCUT2D eigenvalue weighted by Gasteiger charge is -2.11. The molecule has 0 radical (unpaired) electrons. The van der Waals surface area contributed by atoms with Gasteiger partial charge >= 0.3 is 0 Å². The zero-order chi connectivity index (χ0) is 23.2. The smallest absolute Gasteiger partial charge is 0.275 e. The number of ether oxygens (including phenoxy) is 1. The average Bonchev–Trinajstić information content (AvgIpc) is 3.16. The van der Waals surface area contributed by atoms with Crippen molar-refractivity contribution in [3.05, 3.63) is 112 Å². The quantitative estimate of drug-likeness (QED) is 0.179. The van der Waals surface area contributed by atoms with Crippen LogP contribution in [-0.2, 0) is 13.2 Å². The molecule has 0 fully saturated rings. The Balaban J connectivity index is 1.48. The minimum absolute atomic E-state index is 0.201. The Morgan fingerprint density at radius 1 is 1.09 bits per heavy atom. The number of aromatic nitrogens is 1. The van der Waals surface area contributed by atoms with Gasteiger partial charge in [0, 0.05) is 44.8 Å². The number of amides is 1. The molecule has 0 unspecified atom stereocenters. The highest BCUT2D eigenvalue weighted by atomic mass is 35.5. The van der Waals surface area contributed by atoms with Crippen molar-refractivity contribution < 1.29 is 9.53 Å². The predicted octanol–water partition coefficient (Wildman–Crippen LogP) is 6.48. The highest BCUT2D eigenvalue weighted by Crippen LogP contribution is 2.25.